The van der Waals surface area contributed by atoms with E-state index in [9.17, 15) is 14.4 Å². The standard InChI is InChI=1S/C13H24N2O5/c1-5-8(14)6-10(16)15-9(12(18)19)7-11(17)20-13(2,3)4/h8-9H,5-7,14H2,1-4H3,(H,15,16)(H,18,19)/t8?,9-/m0/s1. The van der Waals surface area contributed by atoms with Crippen LogP contribution < -0.4 is 11.1 Å². The Morgan fingerprint density at radius 3 is 2.20 bits per heavy atom. The summed E-state index contributed by atoms with van der Waals surface area (Å²) in [5, 5.41) is 11.3. The van der Waals surface area contributed by atoms with Crippen molar-refractivity contribution in [3.8, 4) is 0 Å². The fraction of sp³-hybridized carbons (Fsp3) is 0.769. The number of esters is 1. The molecule has 0 aliphatic rings. The van der Waals surface area contributed by atoms with Crippen LogP contribution in [0.5, 0.6) is 0 Å². The van der Waals surface area contributed by atoms with E-state index in [0.717, 1.165) is 0 Å². The van der Waals surface area contributed by atoms with Crippen LogP contribution in [-0.4, -0.2) is 40.6 Å². The van der Waals surface area contributed by atoms with Crippen molar-refractivity contribution in [2.45, 2.75) is 64.6 Å². The Morgan fingerprint density at radius 2 is 1.80 bits per heavy atom. The third kappa shape index (κ3) is 8.47. The fourth-order valence-electron chi connectivity index (χ4n) is 1.39. The van der Waals surface area contributed by atoms with E-state index < -0.39 is 35.9 Å². The number of amides is 1. The maximum atomic E-state index is 11.6. The van der Waals surface area contributed by atoms with Gasteiger partial charge in [-0.2, -0.15) is 0 Å². The summed E-state index contributed by atoms with van der Waals surface area (Å²) in [6, 6.07) is -1.63. The number of carboxylic acid groups (broad SMARTS) is 1. The van der Waals surface area contributed by atoms with Crippen molar-refractivity contribution >= 4 is 17.8 Å². The molecule has 0 rings (SSSR count). The van der Waals surface area contributed by atoms with Gasteiger partial charge in [0.05, 0.1) is 6.42 Å². The molecule has 0 heterocycles. The van der Waals surface area contributed by atoms with Gasteiger partial charge in [0.15, 0.2) is 0 Å². The summed E-state index contributed by atoms with van der Waals surface area (Å²) >= 11 is 0. The van der Waals surface area contributed by atoms with Gasteiger partial charge >= 0.3 is 11.9 Å². The molecule has 0 aliphatic carbocycles. The maximum Gasteiger partial charge on any atom is 0.326 e. The van der Waals surface area contributed by atoms with Gasteiger partial charge in [-0.3, -0.25) is 9.59 Å². The van der Waals surface area contributed by atoms with Crippen LogP contribution in [0.25, 0.3) is 0 Å². The molecule has 1 unspecified atom stereocenters. The first-order valence-electron chi connectivity index (χ1n) is 6.54. The second-order valence-electron chi connectivity index (χ2n) is 5.62. The number of hydrogen-bond acceptors (Lipinski definition) is 5. The zero-order valence-corrected chi connectivity index (χ0v) is 12.4. The summed E-state index contributed by atoms with van der Waals surface area (Å²) in [6.45, 7) is 6.87. The summed E-state index contributed by atoms with van der Waals surface area (Å²) in [6.07, 6.45) is 0.214. The summed E-state index contributed by atoms with van der Waals surface area (Å²) in [7, 11) is 0. The van der Waals surface area contributed by atoms with Gasteiger partial charge < -0.3 is 20.9 Å². The highest BCUT2D eigenvalue weighted by Crippen LogP contribution is 2.09. The third-order valence-corrected chi connectivity index (χ3v) is 2.40. The minimum atomic E-state index is -1.30. The number of hydrogen-bond donors (Lipinski definition) is 3. The van der Waals surface area contributed by atoms with E-state index in [1.165, 1.54) is 0 Å². The lowest BCUT2D eigenvalue weighted by molar-refractivity contribution is -0.158. The van der Waals surface area contributed by atoms with Gasteiger partial charge in [0.25, 0.3) is 0 Å². The first-order valence-corrected chi connectivity index (χ1v) is 6.54. The lowest BCUT2D eigenvalue weighted by Crippen LogP contribution is -2.44. The number of nitrogens with one attached hydrogen (secondary N) is 1. The number of carbonyl (C=O) groups is 3. The highest BCUT2D eigenvalue weighted by molar-refractivity contribution is 5.87. The molecule has 2 atom stereocenters. The minimum absolute atomic E-state index is 0.0224. The Bertz CT molecular complexity index is 362. The molecule has 20 heavy (non-hydrogen) atoms. The molecular weight excluding hydrogens is 264 g/mol. The number of carbonyl (C=O) groups excluding carboxylic acids is 2. The van der Waals surface area contributed by atoms with Crippen molar-refractivity contribution in [2.75, 3.05) is 0 Å². The van der Waals surface area contributed by atoms with E-state index in [1.54, 1.807) is 20.8 Å². The van der Waals surface area contributed by atoms with Crippen molar-refractivity contribution in [2.24, 2.45) is 5.73 Å². The number of rotatable bonds is 7. The molecule has 0 aromatic rings. The normalized spacial score (nSPS) is 14.2. The van der Waals surface area contributed by atoms with Crippen LogP contribution in [0.15, 0.2) is 0 Å². The molecule has 1 amide bonds. The Morgan fingerprint density at radius 1 is 1.25 bits per heavy atom. The first-order chi connectivity index (χ1) is 9.05. The molecule has 0 aliphatic heterocycles. The molecule has 0 saturated carbocycles. The molecule has 0 aromatic carbocycles. The van der Waals surface area contributed by atoms with Crippen LogP contribution >= 0.6 is 0 Å². The van der Waals surface area contributed by atoms with Crippen LogP contribution in [0.3, 0.4) is 0 Å². The van der Waals surface area contributed by atoms with Crippen molar-refractivity contribution in [1.29, 1.82) is 0 Å². The second-order valence-corrected chi connectivity index (χ2v) is 5.62. The molecule has 0 radical (unpaired) electrons. The summed E-state index contributed by atoms with van der Waals surface area (Å²) in [4.78, 5) is 34.2. The number of carboxylic acids is 1. The van der Waals surface area contributed by atoms with Gasteiger partial charge in [-0.1, -0.05) is 6.92 Å². The monoisotopic (exact) mass is 288 g/mol. The third-order valence-electron chi connectivity index (χ3n) is 2.40. The fourth-order valence-corrected chi connectivity index (χ4v) is 1.39. The van der Waals surface area contributed by atoms with E-state index in [4.69, 9.17) is 15.6 Å². The average Bonchev–Trinajstić information content (AvgIpc) is 2.24. The molecule has 0 bridgehead atoms. The molecule has 7 heteroatoms. The predicted octanol–water partition coefficient (Wildman–Crippen LogP) is 0.415. The predicted molar refractivity (Wildman–Crippen MR) is 72.9 cm³/mol. The topological polar surface area (TPSA) is 119 Å². The summed E-state index contributed by atoms with van der Waals surface area (Å²) in [5.41, 5.74) is 4.91. The molecule has 4 N–H and O–H groups in total. The van der Waals surface area contributed by atoms with Crippen molar-refractivity contribution in [1.82, 2.24) is 5.32 Å². The van der Waals surface area contributed by atoms with Crippen LogP contribution in [0, 0.1) is 0 Å². The van der Waals surface area contributed by atoms with Crippen molar-refractivity contribution < 1.29 is 24.2 Å². The number of aliphatic carboxylic acids is 1. The van der Waals surface area contributed by atoms with Gasteiger partial charge in [0, 0.05) is 12.5 Å². The first kappa shape index (κ1) is 18.4. The Balaban J connectivity index is 4.48. The Kier molecular flexibility index (Phi) is 7.20. The molecule has 7 nitrogen and oxygen atoms in total. The number of nitrogens with two attached hydrogens (primary N) is 1. The van der Waals surface area contributed by atoms with Gasteiger partial charge in [0.1, 0.15) is 11.6 Å². The van der Waals surface area contributed by atoms with Gasteiger partial charge in [-0.15, -0.1) is 0 Å². The van der Waals surface area contributed by atoms with Crippen molar-refractivity contribution in [3.05, 3.63) is 0 Å². The van der Waals surface area contributed by atoms with Gasteiger partial charge in [0.2, 0.25) is 5.91 Å². The number of ether oxygens (including phenoxy) is 1. The zero-order chi connectivity index (χ0) is 15.9. The lowest BCUT2D eigenvalue weighted by atomic mass is 10.1. The van der Waals surface area contributed by atoms with E-state index in [1.807, 2.05) is 6.92 Å². The maximum absolute atomic E-state index is 11.6. The summed E-state index contributed by atoms with van der Waals surface area (Å²) in [5.74, 6) is -2.45. The van der Waals surface area contributed by atoms with Gasteiger partial charge in [-0.25, -0.2) is 4.79 Å². The van der Waals surface area contributed by atoms with Crippen LogP contribution in [0.4, 0.5) is 0 Å². The molecule has 0 spiro atoms. The van der Waals surface area contributed by atoms with E-state index in [0.29, 0.717) is 6.42 Å². The highest BCUT2D eigenvalue weighted by Gasteiger charge is 2.26. The molecule has 0 aromatic heterocycles. The molecule has 0 fully saturated rings. The molecule has 0 saturated heterocycles. The van der Waals surface area contributed by atoms with Crippen LogP contribution in [-0.2, 0) is 19.1 Å². The average molecular weight is 288 g/mol. The minimum Gasteiger partial charge on any atom is -0.480 e. The Labute approximate surface area is 118 Å². The van der Waals surface area contributed by atoms with E-state index in [-0.39, 0.29) is 12.5 Å². The van der Waals surface area contributed by atoms with Crippen LogP contribution in [0.2, 0.25) is 0 Å². The smallest absolute Gasteiger partial charge is 0.326 e. The van der Waals surface area contributed by atoms with Crippen LogP contribution in [0.1, 0.15) is 47.0 Å². The second kappa shape index (κ2) is 7.84. The lowest BCUT2D eigenvalue weighted by Gasteiger charge is -2.21. The summed E-state index contributed by atoms with van der Waals surface area (Å²) < 4.78 is 5.02. The highest BCUT2D eigenvalue weighted by atomic mass is 16.6. The Hall–Kier alpha value is -1.63. The molecular formula is C13H24N2O5. The zero-order valence-electron chi connectivity index (χ0n) is 12.4. The molecule has 116 valence electrons. The van der Waals surface area contributed by atoms with Gasteiger partial charge in [-0.05, 0) is 27.2 Å². The largest absolute Gasteiger partial charge is 0.480 e. The van der Waals surface area contributed by atoms with Crippen molar-refractivity contribution in [3.63, 3.8) is 0 Å². The SMILES string of the molecule is CCC(N)CC(=O)N[C@@H](CC(=O)OC(C)(C)C)C(=O)O. The quantitative estimate of drug-likeness (QED) is 0.584. The van der Waals surface area contributed by atoms with E-state index in [2.05, 4.69) is 5.32 Å². The van der Waals surface area contributed by atoms with E-state index >= 15 is 0 Å².